The van der Waals surface area contributed by atoms with Crippen molar-refractivity contribution in [1.29, 1.82) is 0 Å². The summed E-state index contributed by atoms with van der Waals surface area (Å²) in [7, 11) is 0. The number of para-hydroxylation sites is 1. The zero-order valence-corrected chi connectivity index (χ0v) is 11.8. The molecule has 2 N–H and O–H groups in total. The summed E-state index contributed by atoms with van der Waals surface area (Å²) in [6.45, 7) is 1.88. The molecule has 1 aromatic heterocycles. The number of nitrogens with one attached hydrogen (secondary N) is 1. The summed E-state index contributed by atoms with van der Waals surface area (Å²) in [6, 6.07) is 17.6. The molecule has 1 unspecified atom stereocenters. The first kappa shape index (κ1) is 13.5. The molecule has 0 aliphatic carbocycles. The van der Waals surface area contributed by atoms with Crippen molar-refractivity contribution < 1.29 is 5.11 Å². The molecule has 0 spiro atoms. The first-order valence-corrected chi connectivity index (χ1v) is 6.88. The Morgan fingerprint density at radius 2 is 1.76 bits per heavy atom. The second kappa shape index (κ2) is 5.50. The molecule has 0 aliphatic rings. The number of nitrogens with zero attached hydrogens (tertiary/aromatic N) is 2. The van der Waals surface area contributed by atoms with Crippen molar-refractivity contribution in [3.05, 3.63) is 66.4 Å². The summed E-state index contributed by atoms with van der Waals surface area (Å²) in [5.74, 6) is 0.508. The van der Waals surface area contributed by atoms with E-state index in [1.54, 1.807) is 6.20 Å². The van der Waals surface area contributed by atoms with Gasteiger partial charge in [-0.05, 0) is 18.6 Å². The number of benzene rings is 2. The molecule has 0 amide bonds. The lowest BCUT2D eigenvalue weighted by Crippen LogP contribution is -2.36. The van der Waals surface area contributed by atoms with Crippen LogP contribution in [0.4, 0.5) is 5.95 Å². The van der Waals surface area contributed by atoms with Crippen LogP contribution in [0.3, 0.4) is 0 Å². The van der Waals surface area contributed by atoms with Crippen LogP contribution < -0.4 is 5.32 Å². The molecule has 21 heavy (non-hydrogen) atoms. The van der Waals surface area contributed by atoms with Gasteiger partial charge in [-0.1, -0.05) is 48.5 Å². The highest BCUT2D eigenvalue weighted by Crippen LogP contribution is 2.24. The van der Waals surface area contributed by atoms with E-state index in [-0.39, 0.29) is 6.61 Å². The van der Waals surface area contributed by atoms with Crippen LogP contribution in [0.2, 0.25) is 0 Å². The lowest BCUT2D eigenvalue weighted by atomic mass is 9.93. The van der Waals surface area contributed by atoms with Crippen molar-refractivity contribution in [3.63, 3.8) is 0 Å². The summed E-state index contributed by atoms with van der Waals surface area (Å²) in [5, 5.41) is 14.0. The smallest absolute Gasteiger partial charge is 0.223 e. The number of hydrogen-bond donors (Lipinski definition) is 2. The van der Waals surface area contributed by atoms with Crippen LogP contribution in [-0.4, -0.2) is 21.7 Å². The lowest BCUT2D eigenvalue weighted by Gasteiger charge is -2.29. The topological polar surface area (TPSA) is 58.0 Å². The van der Waals surface area contributed by atoms with Gasteiger partial charge in [0.25, 0.3) is 0 Å². The molecule has 1 atom stereocenters. The van der Waals surface area contributed by atoms with Crippen LogP contribution in [0.1, 0.15) is 12.5 Å². The Morgan fingerprint density at radius 3 is 2.52 bits per heavy atom. The van der Waals surface area contributed by atoms with Crippen molar-refractivity contribution in [2.75, 3.05) is 11.9 Å². The Balaban J connectivity index is 1.95. The number of aliphatic hydroxyl groups is 1. The van der Waals surface area contributed by atoms with Crippen molar-refractivity contribution in [2.24, 2.45) is 0 Å². The third-order valence-electron chi connectivity index (χ3n) is 3.60. The zero-order chi connectivity index (χ0) is 14.7. The van der Waals surface area contributed by atoms with E-state index in [4.69, 9.17) is 0 Å². The Bertz CT molecular complexity index is 745. The van der Waals surface area contributed by atoms with E-state index < -0.39 is 5.54 Å². The van der Waals surface area contributed by atoms with Gasteiger partial charge in [-0.3, -0.25) is 0 Å². The number of aromatic nitrogens is 2. The van der Waals surface area contributed by atoms with Gasteiger partial charge in [0.2, 0.25) is 5.95 Å². The van der Waals surface area contributed by atoms with Crippen molar-refractivity contribution in [1.82, 2.24) is 9.97 Å². The molecule has 3 aromatic rings. The Hall–Kier alpha value is -2.46. The molecular formula is C17H17N3O. The average Bonchev–Trinajstić information content (AvgIpc) is 2.55. The number of aliphatic hydroxyl groups excluding tert-OH is 1. The standard InChI is InChI=1S/C17H17N3O/c1-17(12-21,14-8-3-2-4-9-14)20-16-18-11-13-7-5-6-10-15(13)19-16/h2-11,21H,12H2,1H3,(H,18,19,20). The van der Waals surface area contributed by atoms with Crippen LogP contribution in [0.5, 0.6) is 0 Å². The van der Waals surface area contributed by atoms with Crippen LogP contribution in [0, 0.1) is 0 Å². The minimum absolute atomic E-state index is 0.0484. The van der Waals surface area contributed by atoms with Crippen LogP contribution >= 0.6 is 0 Å². The molecule has 3 rings (SSSR count). The summed E-state index contributed by atoms with van der Waals surface area (Å²) in [5.41, 5.74) is 1.25. The first-order valence-electron chi connectivity index (χ1n) is 6.88. The van der Waals surface area contributed by atoms with Gasteiger partial charge < -0.3 is 10.4 Å². The van der Waals surface area contributed by atoms with Crippen molar-refractivity contribution in [2.45, 2.75) is 12.5 Å². The first-order chi connectivity index (χ1) is 10.2. The fourth-order valence-corrected chi connectivity index (χ4v) is 2.29. The normalized spacial score (nSPS) is 13.8. The second-order valence-corrected chi connectivity index (χ2v) is 5.23. The highest BCUT2D eigenvalue weighted by molar-refractivity contribution is 5.78. The number of rotatable bonds is 4. The minimum Gasteiger partial charge on any atom is -0.394 e. The minimum atomic E-state index is -0.621. The molecule has 1 heterocycles. The second-order valence-electron chi connectivity index (χ2n) is 5.23. The zero-order valence-electron chi connectivity index (χ0n) is 11.8. The third-order valence-corrected chi connectivity index (χ3v) is 3.60. The van der Waals surface area contributed by atoms with Gasteiger partial charge in [0.1, 0.15) is 0 Å². The fraction of sp³-hybridized carbons (Fsp3) is 0.176. The summed E-state index contributed by atoms with van der Waals surface area (Å²) >= 11 is 0. The predicted molar refractivity (Wildman–Crippen MR) is 84.0 cm³/mol. The van der Waals surface area contributed by atoms with Gasteiger partial charge >= 0.3 is 0 Å². The quantitative estimate of drug-likeness (QED) is 0.771. The highest BCUT2D eigenvalue weighted by Gasteiger charge is 2.26. The van der Waals surface area contributed by atoms with Crippen LogP contribution in [-0.2, 0) is 5.54 Å². The SMILES string of the molecule is CC(CO)(Nc1ncc2ccccc2n1)c1ccccc1. The maximum atomic E-state index is 9.80. The fourth-order valence-electron chi connectivity index (χ4n) is 2.29. The molecule has 0 saturated heterocycles. The molecule has 2 aromatic carbocycles. The maximum Gasteiger partial charge on any atom is 0.223 e. The van der Waals surface area contributed by atoms with Gasteiger partial charge in [0.05, 0.1) is 17.7 Å². The molecule has 4 nitrogen and oxygen atoms in total. The summed E-state index contributed by atoms with van der Waals surface area (Å²) < 4.78 is 0. The van der Waals surface area contributed by atoms with Crippen molar-refractivity contribution in [3.8, 4) is 0 Å². The molecule has 0 radical (unpaired) electrons. The van der Waals surface area contributed by atoms with E-state index in [0.717, 1.165) is 16.5 Å². The number of anilines is 1. The summed E-state index contributed by atoms with van der Waals surface area (Å²) in [4.78, 5) is 8.83. The lowest BCUT2D eigenvalue weighted by molar-refractivity contribution is 0.223. The molecule has 0 fully saturated rings. The monoisotopic (exact) mass is 279 g/mol. The van der Waals surface area contributed by atoms with Gasteiger partial charge in [0.15, 0.2) is 0 Å². The molecule has 0 aliphatic heterocycles. The number of hydrogen-bond acceptors (Lipinski definition) is 4. The van der Waals surface area contributed by atoms with Crippen LogP contribution in [0.25, 0.3) is 10.9 Å². The number of fused-ring (bicyclic) bond motifs is 1. The Labute approximate surface area is 123 Å². The predicted octanol–water partition coefficient (Wildman–Crippen LogP) is 2.95. The van der Waals surface area contributed by atoms with Gasteiger partial charge in [-0.25, -0.2) is 9.97 Å². The van der Waals surface area contributed by atoms with Gasteiger partial charge in [-0.2, -0.15) is 0 Å². The molecule has 0 bridgehead atoms. The Morgan fingerprint density at radius 1 is 1.05 bits per heavy atom. The van der Waals surface area contributed by atoms with E-state index in [2.05, 4.69) is 15.3 Å². The van der Waals surface area contributed by atoms with Crippen LogP contribution in [0.15, 0.2) is 60.8 Å². The van der Waals surface area contributed by atoms with Gasteiger partial charge in [-0.15, -0.1) is 0 Å². The average molecular weight is 279 g/mol. The van der Waals surface area contributed by atoms with Crippen molar-refractivity contribution >= 4 is 16.9 Å². The van der Waals surface area contributed by atoms with E-state index in [1.165, 1.54) is 0 Å². The third kappa shape index (κ3) is 2.71. The maximum absolute atomic E-state index is 9.80. The van der Waals surface area contributed by atoms with E-state index in [0.29, 0.717) is 5.95 Å². The van der Waals surface area contributed by atoms with Gasteiger partial charge in [0, 0.05) is 11.6 Å². The molecule has 106 valence electrons. The summed E-state index contributed by atoms with van der Waals surface area (Å²) in [6.07, 6.45) is 1.79. The largest absolute Gasteiger partial charge is 0.394 e. The highest BCUT2D eigenvalue weighted by atomic mass is 16.3. The van der Waals surface area contributed by atoms with E-state index in [9.17, 15) is 5.11 Å². The van der Waals surface area contributed by atoms with E-state index >= 15 is 0 Å². The Kier molecular flexibility index (Phi) is 3.54. The molecule has 0 saturated carbocycles. The molecular weight excluding hydrogens is 262 g/mol. The van der Waals surface area contributed by atoms with E-state index in [1.807, 2.05) is 61.5 Å². The molecule has 4 heteroatoms.